The summed E-state index contributed by atoms with van der Waals surface area (Å²) < 4.78 is 7.54. The molecule has 0 spiro atoms. The SMILES string of the molecule is CC(C)(NC(=O)CCc1ccccc1)C(=O)N1CCOCC(Cc2ccc3nccn3n2)C1. The van der Waals surface area contributed by atoms with Crippen molar-refractivity contribution in [2.45, 2.75) is 38.6 Å². The molecule has 0 bridgehead atoms. The fourth-order valence-electron chi connectivity index (χ4n) is 4.21. The molecule has 3 heterocycles. The lowest BCUT2D eigenvalue weighted by Gasteiger charge is -2.33. The predicted molar refractivity (Wildman–Crippen MR) is 125 cm³/mol. The molecule has 2 aromatic heterocycles. The number of carbonyl (C=O) groups excluding carboxylic acids is 2. The highest BCUT2D eigenvalue weighted by atomic mass is 16.5. The van der Waals surface area contributed by atoms with Gasteiger partial charge >= 0.3 is 0 Å². The van der Waals surface area contributed by atoms with E-state index in [4.69, 9.17) is 4.74 Å². The Labute approximate surface area is 193 Å². The zero-order valence-electron chi connectivity index (χ0n) is 19.2. The number of carbonyl (C=O) groups is 2. The second-order valence-corrected chi connectivity index (χ2v) is 9.11. The van der Waals surface area contributed by atoms with E-state index in [0.29, 0.717) is 45.6 Å². The molecule has 1 aromatic carbocycles. The maximum Gasteiger partial charge on any atom is 0.247 e. The van der Waals surface area contributed by atoms with E-state index in [9.17, 15) is 9.59 Å². The molecule has 0 aliphatic carbocycles. The number of fused-ring (bicyclic) bond motifs is 1. The first kappa shape index (κ1) is 22.9. The lowest BCUT2D eigenvalue weighted by Crippen LogP contribution is -2.57. The third kappa shape index (κ3) is 5.96. The summed E-state index contributed by atoms with van der Waals surface area (Å²) in [5.41, 5.74) is 1.84. The topological polar surface area (TPSA) is 88.8 Å². The molecule has 3 aromatic rings. The second-order valence-electron chi connectivity index (χ2n) is 9.11. The van der Waals surface area contributed by atoms with Crippen molar-refractivity contribution in [3.05, 3.63) is 66.1 Å². The van der Waals surface area contributed by atoms with Gasteiger partial charge in [-0.05, 0) is 44.4 Å². The number of hydrogen-bond acceptors (Lipinski definition) is 5. The van der Waals surface area contributed by atoms with Gasteiger partial charge in [-0.3, -0.25) is 9.59 Å². The van der Waals surface area contributed by atoms with Crippen molar-refractivity contribution in [2.75, 3.05) is 26.3 Å². The number of rotatable bonds is 7. The number of hydrogen-bond donors (Lipinski definition) is 1. The van der Waals surface area contributed by atoms with Crippen molar-refractivity contribution in [1.82, 2.24) is 24.8 Å². The molecule has 4 rings (SSSR count). The largest absolute Gasteiger partial charge is 0.379 e. The highest BCUT2D eigenvalue weighted by Crippen LogP contribution is 2.17. The number of imidazole rings is 1. The molecule has 0 saturated carbocycles. The minimum absolute atomic E-state index is 0.0934. The normalized spacial score (nSPS) is 17.0. The maximum absolute atomic E-state index is 13.3. The Bertz CT molecular complexity index is 1100. The Kier molecular flexibility index (Phi) is 7.03. The third-order valence-corrected chi connectivity index (χ3v) is 5.90. The van der Waals surface area contributed by atoms with E-state index in [0.717, 1.165) is 16.9 Å². The van der Waals surface area contributed by atoms with Crippen LogP contribution in [0.1, 0.15) is 31.5 Å². The van der Waals surface area contributed by atoms with Gasteiger partial charge in [0.25, 0.3) is 0 Å². The second kappa shape index (κ2) is 10.1. The van der Waals surface area contributed by atoms with Crippen LogP contribution < -0.4 is 5.32 Å². The highest BCUT2D eigenvalue weighted by molar-refractivity contribution is 5.90. The lowest BCUT2D eigenvalue weighted by atomic mass is 9.99. The van der Waals surface area contributed by atoms with Crippen LogP contribution >= 0.6 is 0 Å². The molecule has 174 valence electrons. The maximum atomic E-state index is 13.3. The van der Waals surface area contributed by atoms with Crippen molar-refractivity contribution in [1.29, 1.82) is 0 Å². The molecule has 0 radical (unpaired) electrons. The molecular formula is C25H31N5O3. The van der Waals surface area contributed by atoms with Gasteiger partial charge in [-0.25, -0.2) is 9.50 Å². The molecule has 1 saturated heterocycles. The summed E-state index contributed by atoms with van der Waals surface area (Å²) in [6.45, 7) is 5.65. The quantitative estimate of drug-likeness (QED) is 0.598. The fourth-order valence-corrected chi connectivity index (χ4v) is 4.21. The molecule has 1 N–H and O–H groups in total. The molecular weight excluding hydrogens is 418 g/mol. The summed E-state index contributed by atoms with van der Waals surface area (Å²) in [5, 5.41) is 7.53. The molecule has 1 fully saturated rings. The number of nitrogens with one attached hydrogen (secondary N) is 1. The van der Waals surface area contributed by atoms with Crippen molar-refractivity contribution in [3.8, 4) is 0 Å². The van der Waals surface area contributed by atoms with Crippen molar-refractivity contribution in [3.63, 3.8) is 0 Å². The fraction of sp³-hybridized carbons (Fsp3) is 0.440. The molecule has 8 nitrogen and oxygen atoms in total. The van der Waals surface area contributed by atoms with Crippen LogP contribution in [-0.4, -0.2) is 63.2 Å². The smallest absolute Gasteiger partial charge is 0.247 e. The van der Waals surface area contributed by atoms with Crippen LogP contribution in [0.15, 0.2) is 54.9 Å². The molecule has 1 unspecified atom stereocenters. The minimum Gasteiger partial charge on any atom is -0.379 e. The van der Waals surface area contributed by atoms with Crippen molar-refractivity contribution >= 4 is 17.5 Å². The predicted octanol–water partition coefficient (Wildman–Crippen LogP) is 2.27. The Morgan fingerprint density at radius 3 is 2.82 bits per heavy atom. The first-order valence-electron chi connectivity index (χ1n) is 11.4. The van der Waals surface area contributed by atoms with Gasteiger partial charge in [0.1, 0.15) is 5.54 Å². The zero-order valence-corrected chi connectivity index (χ0v) is 19.2. The average molecular weight is 450 g/mol. The molecule has 1 atom stereocenters. The zero-order chi connectivity index (χ0) is 23.3. The van der Waals surface area contributed by atoms with E-state index < -0.39 is 5.54 Å². The average Bonchev–Trinajstić information content (AvgIpc) is 3.15. The van der Waals surface area contributed by atoms with E-state index in [2.05, 4.69) is 15.4 Å². The van der Waals surface area contributed by atoms with Gasteiger partial charge in [0, 0.05) is 37.8 Å². The number of ether oxygens (including phenoxy) is 1. The van der Waals surface area contributed by atoms with Crippen LogP contribution in [0, 0.1) is 5.92 Å². The first-order valence-corrected chi connectivity index (χ1v) is 11.4. The van der Waals surface area contributed by atoms with Crippen LogP contribution in [-0.2, 0) is 27.2 Å². The summed E-state index contributed by atoms with van der Waals surface area (Å²) >= 11 is 0. The van der Waals surface area contributed by atoms with E-state index in [1.54, 1.807) is 24.6 Å². The van der Waals surface area contributed by atoms with Crippen LogP contribution in [0.25, 0.3) is 5.65 Å². The monoisotopic (exact) mass is 449 g/mol. The standard InChI is InChI=1S/C25H31N5O3/c1-25(2,27-23(31)11-8-19-6-4-3-5-7-19)24(32)29-14-15-33-18-20(17-29)16-21-9-10-22-26-12-13-30(22)28-21/h3-7,9-10,12-13,20H,8,11,14-18H2,1-2H3,(H,27,31). The van der Waals surface area contributed by atoms with E-state index in [-0.39, 0.29) is 17.7 Å². The summed E-state index contributed by atoms with van der Waals surface area (Å²) in [7, 11) is 0. The van der Waals surface area contributed by atoms with Crippen LogP contribution in [0.4, 0.5) is 0 Å². The Hall–Kier alpha value is -3.26. The molecule has 1 aliphatic heterocycles. The Morgan fingerprint density at radius 2 is 2.00 bits per heavy atom. The van der Waals surface area contributed by atoms with Crippen LogP contribution in [0.3, 0.4) is 0 Å². The van der Waals surface area contributed by atoms with Gasteiger partial charge in [-0.15, -0.1) is 0 Å². The number of aryl methyl sites for hydroxylation is 1. The highest BCUT2D eigenvalue weighted by Gasteiger charge is 2.35. The third-order valence-electron chi connectivity index (χ3n) is 5.90. The number of aromatic nitrogens is 3. The Morgan fingerprint density at radius 1 is 1.18 bits per heavy atom. The first-order chi connectivity index (χ1) is 15.9. The summed E-state index contributed by atoms with van der Waals surface area (Å²) in [4.78, 5) is 31.9. The Balaban J connectivity index is 1.35. The lowest BCUT2D eigenvalue weighted by molar-refractivity contribution is -0.140. The van der Waals surface area contributed by atoms with Gasteiger partial charge in [0.2, 0.25) is 11.8 Å². The molecule has 8 heteroatoms. The minimum atomic E-state index is -0.989. The summed E-state index contributed by atoms with van der Waals surface area (Å²) in [6, 6.07) is 13.8. The van der Waals surface area contributed by atoms with Gasteiger partial charge in [-0.2, -0.15) is 5.10 Å². The van der Waals surface area contributed by atoms with Crippen LogP contribution in [0.2, 0.25) is 0 Å². The molecule has 2 amide bonds. The molecule has 33 heavy (non-hydrogen) atoms. The van der Waals surface area contributed by atoms with E-state index in [1.807, 2.05) is 53.6 Å². The van der Waals surface area contributed by atoms with E-state index >= 15 is 0 Å². The van der Waals surface area contributed by atoms with Crippen molar-refractivity contribution < 1.29 is 14.3 Å². The van der Waals surface area contributed by atoms with Gasteiger partial charge in [0.05, 0.1) is 18.9 Å². The number of benzene rings is 1. The van der Waals surface area contributed by atoms with Crippen molar-refractivity contribution in [2.24, 2.45) is 5.92 Å². The van der Waals surface area contributed by atoms with Crippen LogP contribution in [0.5, 0.6) is 0 Å². The van der Waals surface area contributed by atoms with Gasteiger partial charge < -0.3 is 15.0 Å². The summed E-state index contributed by atoms with van der Waals surface area (Å²) in [6.07, 6.45) is 5.22. The number of nitrogens with zero attached hydrogens (tertiary/aromatic N) is 4. The number of amides is 2. The summed E-state index contributed by atoms with van der Waals surface area (Å²) in [5.74, 6) is -0.101. The van der Waals surface area contributed by atoms with Gasteiger partial charge in [-0.1, -0.05) is 30.3 Å². The van der Waals surface area contributed by atoms with Gasteiger partial charge in [0.15, 0.2) is 5.65 Å². The van der Waals surface area contributed by atoms with E-state index in [1.165, 1.54) is 0 Å². The molecule has 1 aliphatic rings.